The molecule has 180 valence electrons. The maximum atomic E-state index is 13.1. The minimum atomic E-state index is -0.360. The first-order valence-corrected chi connectivity index (χ1v) is 12.6. The van der Waals surface area contributed by atoms with E-state index in [2.05, 4.69) is 5.32 Å². The fraction of sp³-hybridized carbons (Fsp3) is 0.269. The topological polar surface area (TPSA) is 89.9 Å². The first-order valence-electron chi connectivity index (χ1n) is 11.4. The van der Waals surface area contributed by atoms with Gasteiger partial charge in [0.05, 0.1) is 21.7 Å². The molecule has 9 heteroatoms. The van der Waals surface area contributed by atoms with Crippen LogP contribution >= 0.6 is 22.9 Å². The Morgan fingerprint density at radius 3 is 2.74 bits per heavy atom. The molecule has 0 aliphatic carbocycles. The van der Waals surface area contributed by atoms with Gasteiger partial charge in [0.2, 0.25) is 5.91 Å². The average Bonchev–Trinajstić information content (AvgIpc) is 3.43. The SMILES string of the molecule is O=C(Nc1cccc2c1CN(Cc1cccc(N3CCCC(CO)C3=O)c1)C2=O)c1ccc(Cl)s1. The molecule has 2 aliphatic heterocycles. The van der Waals surface area contributed by atoms with E-state index in [4.69, 9.17) is 11.6 Å². The Bertz CT molecular complexity index is 1310. The number of hydrogen-bond acceptors (Lipinski definition) is 5. The van der Waals surface area contributed by atoms with E-state index in [0.717, 1.165) is 23.2 Å². The lowest BCUT2D eigenvalue weighted by Gasteiger charge is -2.32. The van der Waals surface area contributed by atoms with Crippen molar-refractivity contribution in [2.75, 3.05) is 23.4 Å². The van der Waals surface area contributed by atoms with Gasteiger partial charge in [-0.15, -0.1) is 11.3 Å². The van der Waals surface area contributed by atoms with E-state index in [9.17, 15) is 19.5 Å². The van der Waals surface area contributed by atoms with Crippen molar-refractivity contribution in [2.45, 2.75) is 25.9 Å². The van der Waals surface area contributed by atoms with Crippen molar-refractivity contribution < 1.29 is 19.5 Å². The quantitative estimate of drug-likeness (QED) is 0.510. The highest BCUT2D eigenvalue weighted by Gasteiger charge is 2.31. The normalized spacial score (nSPS) is 17.6. The first-order chi connectivity index (χ1) is 16.9. The second kappa shape index (κ2) is 9.81. The van der Waals surface area contributed by atoms with Crippen LogP contribution in [0.4, 0.5) is 11.4 Å². The number of halogens is 1. The molecule has 5 rings (SSSR count). The number of nitrogens with zero attached hydrogens (tertiary/aromatic N) is 2. The number of piperidine rings is 1. The number of fused-ring (bicyclic) bond motifs is 1. The lowest BCUT2D eigenvalue weighted by atomic mass is 9.97. The summed E-state index contributed by atoms with van der Waals surface area (Å²) in [7, 11) is 0. The largest absolute Gasteiger partial charge is 0.396 e. The van der Waals surface area contributed by atoms with E-state index in [1.807, 2.05) is 24.3 Å². The average molecular weight is 510 g/mol. The number of hydrogen-bond donors (Lipinski definition) is 2. The number of nitrogens with one attached hydrogen (secondary N) is 1. The zero-order valence-corrected chi connectivity index (χ0v) is 20.4. The Morgan fingerprint density at radius 1 is 1.14 bits per heavy atom. The van der Waals surface area contributed by atoms with Crippen molar-refractivity contribution in [3.8, 4) is 0 Å². The van der Waals surface area contributed by atoms with E-state index in [1.54, 1.807) is 40.1 Å². The van der Waals surface area contributed by atoms with Crippen molar-refractivity contribution in [1.29, 1.82) is 0 Å². The summed E-state index contributed by atoms with van der Waals surface area (Å²) < 4.78 is 0.537. The lowest BCUT2D eigenvalue weighted by Crippen LogP contribution is -2.42. The highest BCUT2D eigenvalue weighted by atomic mass is 35.5. The molecule has 2 N–H and O–H groups in total. The van der Waals surface area contributed by atoms with Gasteiger partial charge in [-0.25, -0.2) is 0 Å². The summed E-state index contributed by atoms with van der Waals surface area (Å²) in [6, 6.07) is 16.3. The van der Waals surface area contributed by atoms with Gasteiger partial charge < -0.3 is 20.2 Å². The Labute approximate surface area is 211 Å². The van der Waals surface area contributed by atoms with E-state index in [0.29, 0.717) is 46.5 Å². The van der Waals surface area contributed by atoms with Crippen molar-refractivity contribution in [3.05, 3.63) is 80.5 Å². The van der Waals surface area contributed by atoms with Crippen LogP contribution < -0.4 is 10.2 Å². The maximum absolute atomic E-state index is 13.1. The second-order valence-electron chi connectivity index (χ2n) is 8.73. The zero-order valence-electron chi connectivity index (χ0n) is 18.9. The Morgan fingerprint density at radius 2 is 1.97 bits per heavy atom. The molecule has 35 heavy (non-hydrogen) atoms. The summed E-state index contributed by atoms with van der Waals surface area (Å²) in [6.07, 6.45) is 1.54. The number of thiophene rings is 1. The Balaban J connectivity index is 1.32. The van der Waals surface area contributed by atoms with Gasteiger partial charge in [-0.3, -0.25) is 14.4 Å². The minimum absolute atomic E-state index is 0.0621. The third-order valence-corrected chi connectivity index (χ3v) is 7.68. The molecule has 7 nitrogen and oxygen atoms in total. The van der Waals surface area contributed by atoms with Crippen LogP contribution in [0.2, 0.25) is 4.34 Å². The Hall–Kier alpha value is -3.20. The molecule has 3 amide bonds. The summed E-state index contributed by atoms with van der Waals surface area (Å²) in [4.78, 5) is 42.4. The molecule has 2 aliphatic rings. The van der Waals surface area contributed by atoms with E-state index in [-0.39, 0.29) is 30.2 Å². The third kappa shape index (κ3) is 4.69. The smallest absolute Gasteiger partial charge is 0.265 e. The van der Waals surface area contributed by atoms with Gasteiger partial charge >= 0.3 is 0 Å². The highest BCUT2D eigenvalue weighted by molar-refractivity contribution is 7.18. The molecule has 1 atom stereocenters. The molecule has 1 unspecified atom stereocenters. The van der Waals surface area contributed by atoms with Gasteiger partial charge in [-0.1, -0.05) is 29.8 Å². The van der Waals surface area contributed by atoms with Gasteiger partial charge in [0.1, 0.15) is 0 Å². The van der Waals surface area contributed by atoms with Crippen molar-refractivity contribution >= 4 is 52.0 Å². The van der Waals surface area contributed by atoms with E-state index >= 15 is 0 Å². The number of aliphatic hydroxyl groups excluding tert-OH is 1. The molecular weight excluding hydrogens is 486 g/mol. The van der Waals surface area contributed by atoms with Crippen LogP contribution in [0.15, 0.2) is 54.6 Å². The van der Waals surface area contributed by atoms with Crippen LogP contribution in [0.25, 0.3) is 0 Å². The first kappa shape index (κ1) is 23.5. The predicted octanol–water partition coefficient (Wildman–Crippen LogP) is 4.55. The number of aliphatic hydroxyl groups is 1. The molecule has 3 heterocycles. The van der Waals surface area contributed by atoms with Crippen LogP contribution in [-0.2, 0) is 17.9 Å². The van der Waals surface area contributed by atoms with Crippen LogP contribution in [0.5, 0.6) is 0 Å². The van der Waals surface area contributed by atoms with E-state index in [1.165, 1.54) is 11.3 Å². The van der Waals surface area contributed by atoms with Crippen molar-refractivity contribution in [1.82, 2.24) is 4.90 Å². The summed E-state index contributed by atoms with van der Waals surface area (Å²) in [5, 5.41) is 12.4. The molecule has 1 aromatic heterocycles. The molecule has 0 bridgehead atoms. The molecule has 0 spiro atoms. The number of rotatable bonds is 6. The number of carbonyl (C=O) groups excluding carboxylic acids is 3. The molecule has 0 radical (unpaired) electrons. The van der Waals surface area contributed by atoms with Crippen LogP contribution in [0.1, 0.15) is 44.0 Å². The Kier molecular flexibility index (Phi) is 6.60. The third-order valence-electron chi connectivity index (χ3n) is 6.45. The predicted molar refractivity (Wildman–Crippen MR) is 136 cm³/mol. The molecule has 1 fully saturated rings. The summed E-state index contributed by atoms with van der Waals surface area (Å²) in [5.41, 5.74) is 3.64. The summed E-state index contributed by atoms with van der Waals surface area (Å²) in [5.74, 6) is -0.787. The molecule has 2 aromatic carbocycles. The zero-order chi connectivity index (χ0) is 24.5. The van der Waals surface area contributed by atoms with Gasteiger partial charge in [0.15, 0.2) is 0 Å². The maximum Gasteiger partial charge on any atom is 0.265 e. The van der Waals surface area contributed by atoms with Gasteiger partial charge in [-0.05, 0) is 54.8 Å². The molecule has 1 saturated heterocycles. The second-order valence-corrected chi connectivity index (χ2v) is 10.4. The monoisotopic (exact) mass is 509 g/mol. The molecule has 3 aromatic rings. The van der Waals surface area contributed by atoms with Crippen molar-refractivity contribution in [3.63, 3.8) is 0 Å². The van der Waals surface area contributed by atoms with Crippen molar-refractivity contribution in [2.24, 2.45) is 5.92 Å². The van der Waals surface area contributed by atoms with Gasteiger partial charge in [-0.2, -0.15) is 0 Å². The van der Waals surface area contributed by atoms with Crippen LogP contribution in [0.3, 0.4) is 0 Å². The number of anilines is 2. The van der Waals surface area contributed by atoms with Crippen LogP contribution in [-0.4, -0.2) is 40.9 Å². The van der Waals surface area contributed by atoms with Gasteiger partial charge in [0.25, 0.3) is 11.8 Å². The highest BCUT2D eigenvalue weighted by Crippen LogP contribution is 2.32. The summed E-state index contributed by atoms with van der Waals surface area (Å²) in [6.45, 7) is 1.22. The van der Waals surface area contributed by atoms with E-state index < -0.39 is 0 Å². The van der Waals surface area contributed by atoms with Gasteiger partial charge in [0, 0.05) is 42.1 Å². The fourth-order valence-electron chi connectivity index (χ4n) is 4.67. The summed E-state index contributed by atoms with van der Waals surface area (Å²) >= 11 is 7.15. The number of benzene rings is 2. The number of amides is 3. The molecule has 0 saturated carbocycles. The van der Waals surface area contributed by atoms with Crippen LogP contribution in [0, 0.1) is 5.92 Å². The molecular formula is C26H24ClN3O4S. The number of carbonyl (C=O) groups is 3. The lowest BCUT2D eigenvalue weighted by molar-refractivity contribution is -0.125. The minimum Gasteiger partial charge on any atom is -0.396 e. The fourth-order valence-corrected chi connectivity index (χ4v) is 5.61. The standard InChI is InChI=1S/C26H24ClN3O4S/c27-23-10-9-22(35-23)24(32)28-21-8-2-7-19-20(21)14-29(26(19)34)13-16-4-1-6-18(12-16)30-11-3-5-17(15-31)25(30)33/h1-2,4,6-10,12,17,31H,3,5,11,13-15H2,(H,28,32).